The average molecular weight is 480 g/mol. The van der Waals surface area contributed by atoms with Gasteiger partial charge in [-0.15, -0.1) is 0 Å². The van der Waals surface area contributed by atoms with Crippen LogP contribution >= 0.6 is 11.6 Å². The quantitative estimate of drug-likeness (QED) is 0.335. The van der Waals surface area contributed by atoms with Crippen LogP contribution in [0.3, 0.4) is 0 Å². The number of benzene rings is 1. The van der Waals surface area contributed by atoms with Gasteiger partial charge in [-0.25, -0.2) is 4.98 Å². The molecule has 0 aliphatic rings. The third-order valence-corrected chi connectivity index (χ3v) is 6.59. The van der Waals surface area contributed by atoms with Gasteiger partial charge in [0.25, 0.3) is 5.91 Å². The Bertz CT molecular complexity index is 1310. The van der Waals surface area contributed by atoms with Crippen molar-refractivity contribution in [2.45, 2.75) is 33.1 Å². The summed E-state index contributed by atoms with van der Waals surface area (Å²) in [5.74, 6) is 0.142. The Balaban J connectivity index is 1.59. The van der Waals surface area contributed by atoms with Crippen LogP contribution in [-0.4, -0.2) is 43.3 Å². The first-order valence-electron chi connectivity index (χ1n) is 11.6. The summed E-state index contributed by atoms with van der Waals surface area (Å²) in [5, 5.41) is 17.2. The van der Waals surface area contributed by atoms with Crippen molar-refractivity contribution in [1.82, 2.24) is 24.5 Å². The summed E-state index contributed by atoms with van der Waals surface area (Å²) in [5.41, 5.74) is 5.67. The van der Waals surface area contributed by atoms with Gasteiger partial charge in [0.1, 0.15) is 16.5 Å². The van der Waals surface area contributed by atoms with Gasteiger partial charge in [-0.05, 0) is 43.4 Å². The van der Waals surface area contributed by atoms with E-state index in [1.54, 1.807) is 27.4 Å². The summed E-state index contributed by atoms with van der Waals surface area (Å²) in [6.07, 6.45) is 6.43. The Labute approximate surface area is 204 Å². The fourth-order valence-corrected chi connectivity index (χ4v) is 4.52. The Morgan fingerprint density at radius 2 is 1.97 bits per heavy atom. The van der Waals surface area contributed by atoms with Crippen LogP contribution in [0.1, 0.15) is 42.2 Å². The number of hydrogen-bond acceptors (Lipinski definition) is 4. The SMILES string of the molecule is CC[C@H](CO)CCCNC(=O)c1ccn2c(Cl)c(-c3ccccc3-c3cn(C)nc3C)nc2c1. The fraction of sp³-hybridized carbons (Fsp3) is 0.346. The fourth-order valence-electron chi connectivity index (χ4n) is 4.24. The second kappa shape index (κ2) is 10.4. The minimum Gasteiger partial charge on any atom is -0.396 e. The number of hydrogen-bond donors (Lipinski definition) is 2. The molecule has 0 aliphatic carbocycles. The van der Waals surface area contributed by atoms with E-state index in [1.807, 2.05) is 44.4 Å². The van der Waals surface area contributed by atoms with Crippen LogP contribution in [0.15, 0.2) is 48.8 Å². The van der Waals surface area contributed by atoms with Gasteiger partial charge in [-0.1, -0.05) is 49.2 Å². The van der Waals surface area contributed by atoms with E-state index in [-0.39, 0.29) is 18.4 Å². The summed E-state index contributed by atoms with van der Waals surface area (Å²) in [6.45, 7) is 4.80. The molecule has 3 heterocycles. The van der Waals surface area contributed by atoms with Crippen LogP contribution in [0.5, 0.6) is 0 Å². The smallest absolute Gasteiger partial charge is 0.251 e. The van der Waals surface area contributed by atoms with Gasteiger partial charge in [0.05, 0.1) is 5.69 Å². The number of aromatic nitrogens is 4. The number of aryl methyl sites for hydroxylation is 2. The van der Waals surface area contributed by atoms with Crippen LogP contribution in [-0.2, 0) is 7.05 Å². The van der Waals surface area contributed by atoms with Crippen molar-refractivity contribution >= 4 is 23.2 Å². The molecule has 34 heavy (non-hydrogen) atoms. The molecule has 4 rings (SSSR count). The maximum Gasteiger partial charge on any atom is 0.251 e. The molecule has 1 atom stereocenters. The summed E-state index contributed by atoms with van der Waals surface area (Å²) in [4.78, 5) is 17.5. The zero-order valence-corrected chi connectivity index (χ0v) is 20.5. The number of halogens is 1. The number of amides is 1. The highest BCUT2D eigenvalue weighted by molar-refractivity contribution is 6.32. The number of fused-ring (bicyclic) bond motifs is 1. The van der Waals surface area contributed by atoms with Crippen molar-refractivity contribution in [3.63, 3.8) is 0 Å². The minimum absolute atomic E-state index is 0.147. The molecule has 2 N–H and O–H groups in total. The van der Waals surface area contributed by atoms with Crippen LogP contribution < -0.4 is 5.32 Å². The first-order valence-corrected chi connectivity index (χ1v) is 12.0. The van der Waals surface area contributed by atoms with E-state index >= 15 is 0 Å². The van der Waals surface area contributed by atoms with Crippen LogP contribution in [0.2, 0.25) is 5.15 Å². The first-order chi connectivity index (χ1) is 16.4. The molecular formula is C26H30ClN5O2. The molecule has 0 saturated heterocycles. The van der Waals surface area contributed by atoms with Crippen molar-refractivity contribution in [1.29, 1.82) is 0 Å². The van der Waals surface area contributed by atoms with E-state index in [0.717, 1.165) is 41.6 Å². The highest BCUT2D eigenvalue weighted by atomic mass is 35.5. The Hall–Kier alpha value is -3.16. The molecule has 178 valence electrons. The van der Waals surface area contributed by atoms with E-state index < -0.39 is 0 Å². The lowest BCUT2D eigenvalue weighted by molar-refractivity contribution is 0.0952. The van der Waals surface area contributed by atoms with Gasteiger partial charge in [-0.3, -0.25) is 13.9 Å². The van der Waals surface area contributed by atoms with Crippen molar-refractivity contribution in [2.75, 3.05) is 13.2 Å². The largest absolute Gasteiger partial charge is 0.396 e. The van der Waals surface area contributed by atoms with Gasteiger partial charge in [0, 0.05) is 49.3 Å². The number of nitrogens with zero attached hydrogens (tertiary/aromatic N) is 4. The lowest BCUT2D eigenvalue weighted by Gasteiger charge is -2.11. The number of carbonyl (C=O) groups is 1. The van der Waals surface area contributed by atoms with Gasteiger partial charge in [0.2, 0.25) is 0 Å². The van der Waals surface area contributed by atoms with Crippen LogP contribution in [0, 0.1) is 12.8 Å². The van der Waals surface area contributed by atoms with E-state index in [0.29, 0.717) is 28.6 Å². The molecule has 0 aliphatic heterocycles. The third-order valence-electron chi connectivity index (χ3n) is 6.23. The third kappa shape index (κ3) is 4.86. The normalized spacial score (nSPS) is 12.3. The standard InChI is InChI=1S/C26H30ClN5O2/c1-4-18(16-33)8-7-12-28-26(34)19-11-13-32-23(14-19)29-24(25(32)27)21-10-6-5-9-20(21)22-15-31(3)30-17(22)2/h5-6,9-11,13-15,18,33H,4,7-8,12,16H2,1-3H3,(H,28,34)/t18-/m0/s1. The molecule has 0 saturated carbocycles. The van der Waals surface area contributed by atoms with Gasteiger partial charge in [-0.2, -0.15) is 5.10 Å². The number of pyridine rings is 1. The molecule has 3 aromatic heterocycles. The monoisotopic (exact) mass is 479 g/mol. The van der Waals surface area contributed by atoms with Crippen molar-refractivity contribution in [3.05, 3.63) is 65.2 Å². The predicted octanol–water partition coefficient (Wildman–Crippen LogP) is 4.89. The molecule has 4 aromatic rings. The molecular weight excluding hydrogens is 450 g/mol. The number of aliphatic hydroxyl groups excluding tert-OH is 1. The molecule has 8 heteroatoms. The van der Waals surface area contributed by atoms with Gasteiger partial charge < -0.3 is 10.4 Å². The van der Waals surface area contributed by atoms with Crippen molar-refractivity contribution in [3.8, 4) is 22.4 Å². The van der Waals surface area contributed by atoms with E-state index in [4.69, 9.17) is 16.6 Å². The van der Waals surface area contributed by atoms with Crippen LogP contribution in [0.4, 0.5) is 0 Å². The zero-order valence-electron chi connectivity index (χ0n) is 19.8. The second-order valence-electron chi connectivity index (χ2n) is 8.60. The summed E-state index contributed by atoms with van der Waals surface area (Å²) in [6, 6.07) is 11.5. The molecule has 1 amide bonds. The first kappa shape index (κ1) is 24.0. The minimum atomic E-state index is -0.147. The molecule has 7 nitrogen and oxygen atoms in total. The summed E-state index contributed by atoms with van der Waals surface area (Å²) in [7, 11) is 1.90. The summed E-state index contributed by atoms with van der Waals surface area (Å²) >= 11 is 6.75. The van der Waals surface area contributed by atoms with E-state index in [9.17, 15) is 9.90 Å². The highest BCUT2D eigenvalue weighted by Gasteiger charge is 2.19. The molecule has 0 unspecified atom stereocenters. The Kier molecular flexibility index (Phi) is 7.34. The number of nitrogens with one attached hydrogen (secondary N) is 1. The van der Waals surface area contributed by atoms with Gasteiger partial charge in [0.15, 0.2) is 0 Å². The zero-order chi connectivity index (χ0) is 24.2. The summed E-state index contributed by atoms with van der Waals surface area (Å²) < 4.78 is 3.58. The lowest BCUT2D eigenvalue weighted by atomic mass is 9.99. The maximum atomic E-state index is 12.7. The molecule has 1 aromatic carbocycles. The number of aliphatic hydroxyl groups is 1. The van der Waals surface area contributed by atoms with Crippen molar-refractivity contribution < 1.29 is 9.90 Å². The van der Waals surface area contributed by atoms with E-state index in [2.05, 4.69) is 17.3 Å². The second-order valence-corrected chi connectivity index (χ2v) is 8.96. The lowest BCUT2D eigenvalue weighted by Crippen LogP contribution is -2.25. The Morgan fingerprint density at radius 3 is 2.65 bits per heavy atom. The number of imidazole rings is 1. The molecule has 0 bridgehead atoms. The van der Waals surface area contributed by atoms with Gasteiger partial charge >= 0.3 is 0 Å². The van der Waals surface area contributed by atoms with E-state index in [1.165, 1.54) is 0 Å². The highest BCUT2D eigenvalue weighted by Crippen LogP contribution is 2.37. The number of rotatable bonds is 9. The maximum absolute atomic E-state index is 12.7. The molecule has 0 spiro atoms. The molecule has 0 radical (unpaired) electrons. The topological polar surface area (TPSA) is 84.5 Å². The van der Waals surface area contributed by atoms with Crippen LogP contribution in [0.25, 0.3) is 28.0 Å². The molecule has 0 fully saturated rings. The number of carbonyl (C=O) groups excluding carboxylic acids is 1. The Morgan fingerprint density at radius 1 is 1.21 bits per heavy atom. The van der Waals surface area contributed by atoms with Crippen molar-refractivity contribution in [2.24, 2.45) is 13.0 Å². The predicted molar refractivity (Wildman–Crippen MR) is 135 cm³/mol. The average Bonchev–Trinajstić information content (AvgIpc) is 3.36.